The van der Waals surface area contributed by atoms with Crippen molar-refractivity contribution >= 4 is 16.9 Å². The fourth-order valence-electron chi connectivity index (χ4n) is 3.52. The zero-order chi connectivity index (χ0) is 18.1. The molecule has 1 amide bonds. The predicted molar refractivity (Wildman–Crippen MR) is 100 cm³/mol. The Balaban J connectivity index is 1.37. The molecule has 1 saturated carbocycles. The fourth-order valence-corrected chi connectivity index (χ4v) is 3.52. The minimum absolute atomic E-state index is 0.142. The number of hydrogen-bond acceptors (Lipinski definition) is 5. The lowest BCUT2D eigenvalue weighted by atomic mass is 10.1. The van der Waals surface area contributed by atoms with Crippen LogP contribution in [0.5, 0.6) is 0 Å². The van der Waals surface area contributed by atoms with Crippen molar-refractivity contribution in [2.75, 3.05) is 32.7 Å². The number of piperazine rings is 1. The summed E-state index contributed by atoms with van der Waals surface area (Å²) in [6.45, 7) is 6.74. The number of rotatable bonds is 5. The van der Waals surface area contributed by atoms with Gasteiger partial charge < -0.3 is 9.73 Å². The van der Waals surface area contributed by atoms with Crippen LogP contribution in [0.3, 0.4) is 0 Å². The van der Waals surface area contributed by atoms with Gasteiger partial charge in [0.25, 0.3) is 0 Å². The summed E-state index contributed by atoms with van der Waals surface area (Å²) in [7, 11) is 0. The average Bonchev–Trinajstić information content (AvgIpc) is 3.40. The maximum Gasteiger partial charge on any atom is 0.336 e. The third-order valence-electron chi connectivity index (χ3n) is 5.15. The van der Waals surface area contributed by atoms with Gasteiger partial charge in [-0.1, -0.05) is 12.1 Å². The van der Waals surface area contributed by atoms with E-state index in [1.54, 1.807) is 6.07 Å². The molecule has 6 nitrogen and oxygen atoms in total. The summed E-state index contributed by atoms with van der Waals surface area (Å²) in [5.41, 5.74) is 2.45. The lowest BCUT2D eigenvalue weighted by Gasteiger charge is -2.34. The van der Waals surface area contributed by atoms with Crippen molar-refractivity contribution in [2.24, 2.45) is 0 Å². The SMILES string of the molecule is Cc1ccc2c(CN3CCN(CC(=O)NC4CC4)CC3)cc(=O)oc2c1. The molecule has 2 aliphatic rings. The fraction of sp³-hybridized carbons (Fsp3) is 0.500. The van der Waals surface area contributed by atoms with Crippen molar-refractivity contribution in [1.82, 2.24) is 15.1 Å². The van der Waals surface area contributed by atoms with Gasteiger partial charge in [0.2, 0.25) is 5.91 Å². The summed E-state index contributed by atoms with van der Waals surface area (Å²) >= 11 is 0. The average molecular weight is 355 g/mol. The molecule has 1 aromatic heterocycles. The van der Waals surface area contributed by atoms with Gasteiger partial charge in [-0.05, 0) is 37.0 Å². The van der Waals surface area contributed by atoms with Crippen LogP contribution in [0.2, 0.25) is 0 Å². The number of benzene rings is 1. The van der Waals surface area contributed by atoms with Gasteiger partial charge in [-0.2, -0.15) is 0 Å². The Morgan fingerprint density at radius 2 is 1.88 bits per heavy atom. The summed E-state index contributed by atoms with van der Waals surface area (Å²) in [4.78, 5) is 28.4. The molecule has 2 aromatic rings. The minimum atomic E-state index is -0.298. The van der Waals surface area contributed by atoms with Crippen molar-refractivity contribution < 1.29 is 9.21 Å². The highest BCUT2D eigenvalue weighted by atomic mass is 16.4. The number of carbonyl (C=O) groups excluding carboxylic acids is 1. The smallest absolute Gasteiger partial charge is 0.336 e. The van der Waals surface area contributed by atoms with Crippen molar-refractivity contribution in [2.45, 2.75) is 32.4 Å². The molecule has 26 heavy (non-hydrogen) atoms. The minimum Gasteiger partial charge on any atom is -0.423 e. The zero-order valence-corrected chi connectivity index (χ0v) is 15.2. The number of nitrogens with zero attached hydrogens (tertiary/aromatic N) is 2. The predicted octanol–water partition coefficient (Wildman–Crippen LogP) is 1.50. The molecule has 0 unspecified atom stereocenters. The molecule has 2 heterocycles. The van der Waals surface area contributed by atoms with Crippen molar-refractivity contribution in [3.63, 3.8) is 0 Å². The molecule has 1 aliphatic heterocycles. The first kappa shape index (κ1) is 17.2. The summed E-state index contributed by atoms with van der Waals surface area (Å²) < 4.78 is 5.34. The van der Waals surface area contributed by atoms with E-state index in [4.69, 9.17) is 4.42 Å². The van der Waals surface area contributed by atoms with Crippen LogP contribution in [0.15, 0.2) is 33.5 Å². The molecule has 0 radical (unpaired) electrons. The van der Waals surface area contributed by atoms with E-state index in [1.807, 2.05) is 25.1 Å². The van der Waals surface area contributed by atoms with Crippen LogP contribution in [0.25, 0.3) is 11.0 Å². The largest absolute Gasteiger partial charge is 0.423 e. The van der Waals surface area contributed by atoms with Gasteiger partial charge in [0.05, 0.1) is 6.54 Å². The van der Waals surface area contributed by atoms with Crippen LogP contribution in [-0.2, 0) is 11.3 Å². The Hall–Kier alpha value is -2.18. The third kappa shape index (κ3) is 4.14. The number of hydrogen-bond donors (Lipinski definition) is 1. The summed E-state index contributed by atoms with van der Waals surface area (Å²) in [5.74, 6) is 0.142. The number of nitrogens with one attached hydrogen (secondary N) is 1. The highest BCUT2D eigenvalue weighted by molar-refractivity contribution is 5.80. The number of fused-ring (bicyclic) bond motifs is 1. The lowest BCUT2D eigenvalue weighted by molar-refractivity contribution is -0.122. The van der Waals surface area contributed by atoms with Crippen molar-refractivity contribution in [1.29, 1.82) is 0 Å². The molecule has 1 aromatic carbocycles. The Labute approximate surface area is 152 Å². The second-order valence-corrected chi connectivity index (χ2v) is 7.48. The van der Waals surface area contributed by atoms with E-state index in [-0.39, 0.29) is 11.5 Å². The first-order valence-corrected chi connectivity index (χ1v) is 9.34. The van der Waals surface area contributed by atoms with Crippen LogP contribution in [0.1, 0.15) is 24.0 Å². The van der Waals surface area contributed by atoms with Crippen molar-refractivity contribution in [3.05, 3.63) is 45.8 Å². The topological polar surface area (TPSA) is 65.8 Å². The Kier molecular flexibility index (Phi) is 4.78. The van der Waals surface area contributed by atoms with Gasteiger partial charge in [-0.25, -0.2) is 4.79 Å². The van der Waals surface area contributed by atoms with Gasteiger partial charge >= 0.3 is 5.63 Å². The first-order valence-electron chi connectivity index (χ1n) is 9.34. The maximum atomic E-state index is 11.9. The van der Waals surface area contributed by atoms with Crippen LogP contribution < -0.4 is 10.9 Å². The molecular weight excluding hydrogens is 330 g/mol. The molecule has 1 saturated heterocycles. The molecule has 138 valence electrons. The molecular formula is C20H25N3O3. The molecule has 1 aliphatic carbocycles. The number of amides is 1. The molecule has 1 N–H and O–H groups in total. The second kappa shape index (κ2) is 7.21. The van der Waals surface area contributed by atoms with Crippen molar-refractivity contribution in [3.8, 4) is 0 Å². The highest BCUT2D eigenvalue weighted by Gasteiger charge is 2.25. The Bertz CT molecular complexity index is 864. The van der Waals surface area contributed by atoms with Crippen LogP contribution in [0.4, 0.5) is 0 Å². The monoisotopic (exact) mass is 355 g/mol. The van der Waals surface area contributed by atoms with Gasteiger partial charge in [0.1, 0.15) is 5.58 Å². The van der Waals surface area contributed by atoms with Gasteiger partial charge in [0, 0.05) is 50.2 Å². The van der Waals surface area contributed by atoms with Crippen LogP contribution in [0, 0.1) is 6.92 Å². The lowest BCUT2D eigenvalue weighted by Crippen LogP contribution is -2.49. The standard InChI is InChI=1S/C20H25N3O3/c1-14-2-5-17-15(11-20(25)26-18(17)10-14)12-22-6-8-23(9-7-22)13-19(24)21-16-3-4-16/h2,5,10-11,16H,3-4,6-9,12-13H2,1H3,(H,21,24). The summed E-state index contributed by atoms with van der Waals surface area (Å²) in [5, 5.41) is 4.05. The Morgan fingerprint density at radius 3 is 2.62 bits per heavy atom. The van der Waals surface area contributed by atoms with Gasteiger partial charge in [0.15, 0.2) is 0 Å². The third-order valence-corrected chi connectivity index (χ3v) is 5.15. The first-order chi connectivity index (χ1) is 12.6. The van der Waals surface area contributed by atoms with E-state index in [1.165, 1.54) is 0 Å². The quantitative estimate of drug-likeness (QED) is 0.824. The number of aryl methyl sites for hydroxylation is 1. The van der Waals surface area contributed by atoms with Gasteiger partial charge in [-0.3, -0.25) is 14.6 Å². The zero-order valence-electron chi connectivity index (χ0n) is 15.2. The maximum absolute atomic E-state index is 11.9. The van der Waals surface area contributed by atoms with Gasteiger partial charge in [-0.15, -0.1) is 0 Å². The van der Waals surface area contributed by atoms with Crippen LogP contribution >= 0.6 is 0 Å². The van der Waals surface area contributed by atoms with E-state index >= 15 is 0 Å². The highest BCUT2D eigenvalue weighted by Crippen LogP contribution is 2.21. The van der Waals surface area contributed by atoms with E-state index in [9.17, 15) is 9.59 Å². The molecule has 0 bridgehead atoms. The second-order valence-electron chi connectivity index (χ2n) is 7.48. The summed E-state index contributed by atoms with van der Waals surface area (Å²) in [6.07, 6.45) is 2.25. The van der Waals surface area contributed by atoms with E-state index in [0.29, 0.717) is 18.2 Å². The molecule has 0 spiro atoms. The van der Waals surface area contributed by atoms with Crippen LogP contribution in [-0.4, -0.2) is 54.5 Å². The normalized spacial score (nSPS) is 19.0. The molecule has 2 fully saturated rings. The summed E-state index contributed by atoms with van der Waals surface area (Å²) in [6, 6.07) is 8.01. The van der Waals surface area contributed by atoms with E-state index in [2.05, 4.69) is 15.1 Å². The Morgan fingerprint density at radius 1 is 1.15 bits per heavy atom. The van der Waals surface area contributed by atoms with E-state index < -0.39 is 0 Å². The molecule has 0 atom stereocenters. The number of carbonyl (C=O) groups is 1. The molecule has 4 rings (SSSR count). The molecule has 6 heteroatoms. The van der Waals surface area contributed by atoms with E-state index in [0.717, 1.165) is 62.1 Å².